The molecule has 0 aliphatic heterocycles. The van der Waals surface area contributed by atoms with Crippen LogP contribution in [0.15, 0.2) is 18.2 Å². The van der Waals surface area contributed by atoms with E-state index in [1.807, 2.05) is 6.07 Å². The van der Waals surface area contributed by atoms with Crippen LogP contribution in [-0.2, 0) is 9.59 Å². The lowest BCUT2D eigenvalue weighted by molar-refractivity contribution is -0.159. The summed E-state index contributed by atoms with van der Waals surface area (Å²) in [4.78, 5) is 18.2. The largest absolute Gasteiger partial charge is 0.492 e. The molecule has 1 rings (SSSR count). The lowest BCUT2D eigenvalue weighted by Crippen LogP contribution is -2.26. The minimum atomic E-state index is -1.82. The molecule has 1 atom stereocenters. The molecule has 0 saturated heterocycles. The highest BCUT2D eigenvalue weighted by atomic mass is 127. The second kappa shape index (κ2) is 12.1. The molecule has 8 heteroatoms. The summed E-state index contributed by atoms with van der Waals surface area (Å²) in [5.74, 6) is -2.70. The van der Waals surface area contributed by atoms with E-state index in [1.165, 1.54) is 5.56 Å². The van der Waals surface area contributed by atoms with Gasteiger partial charge >= 0.3 is 11.9 Å². The Kier molecular flexibility index (Phi) is 11.4. The molecule has 0 spiro atoms. The molecule has 1 aromatic rings. The maximum Gasteiger partial charge on any atom is 0.414 e. The Labute approximate surface area is 148 Å². The zero-order chi connectivity index (χ0) is 17.8. The van der Waals surface area contributed by atoms with Gasteiger partial charge in [0.15, 0.2) is 0 Å². The van der Waals surface area contributed by atoms with Gasteiger partial charge in [0, 0.05) is 6.54 Å². The van der Waals surface area contributed by atoms with Crippen molar-refractivity contribution in [2.45, 2.75) is 26.4 Å². The highest BCUT2D eigenvalue weighted by molar-refractivity contribution is 14.1. The van der Waals surface area contributed by atoms with Crippen molar-refractivity contribution in [1.82, 2.24) is 5.32 Å². The predicted octanol–water partition coefficient (Wildman–Crippen LogP) is 1.49. The number of benzene rings is 1. The van der Waals surface area contributed by atoms with Gasteiger partial charge in [-0.25, -0.2) is 9.59 Å². The third-order valence-corrected chi connectivity index (χ3v) is 3.31. The summed E-state index contributed by atoms with van der Waals surface area (Å²) in [5, 5.41) is 27.0. The van der Waals surface area contributed by atoms with Gasteiger partial charge in [0.25, 0.3) is 0 Å². The number of aliphatic hydroxyl groups excluding tert-OH is 1. The minimum absolute atomic E-state index is 0.283. The number of halogens is 1. The molecule has 0 bridgehead atoms. The van der Waals surface area contributed by atoms with Crippen LogP contribution in [-0.4, -0.2) is 53.1 Å². The van der Waals surface area contributed by atoms with E-state index in [-0.39, 0.29) is 6.10 Å². The SMILES string of the molecule is Cc1ccc(OCCCNCC(C)O)c(I)c1.O=C(O)C(=O)O. The molecule has 0 fully saturated rings. The first kappa shape index (κ1) is 21.6. The summed E-state index contributed by atoms with van der Waals surface area (Å²) in [6.45, 7) is 6.06. The van der Waals surface area contributed by atoms with Gasteiger partial charge in [-0.05, 0) is 67.1 Å². The number of hydrogen-bond donors (Lipinski definition) is 4. The number of aliphatic carboxylic acids is 2. The van der Waals surface area contributed by atoms with Crippen molar-refractivity contribution in [3.8, 4) is 5.75 Å². The standard InChI is InChI=1S/C13H20INO2.C2H2O4/c1-10-4-5-13(12(14)8-10)17-7-3-6-15-9-11(2)16;3-1(4)2(5)6/h4-5,8,11,15-16H,3,6-7,9H2,1-2H3;(H,3,4)(H,5,6). The predicted molar refractivity (Wildman–Crippen MR) is 93.8 cm³/mol. The molecule has 0 heterocycles. The lowest BCUT2D eigenvalue weighted by atomic mass is 10.2. The first-order valence-corrected chi connectivity index (χ1v) is 8.05. The number of nitrogens with one attached hydrogen (secondary N) is 1. The van der Waals surface area contributed by atoms with Crippen LogP contribution in [0.5, 0.6) is 5.75 Å². The summed E-state index contributed by atoms with van der Waals surface area (Å²) in [7, 11) is 0. The van der Waals surface area contributed by atoms with E-state index in [4.69, 9.17) is 29.6 Å². The van der Waals surface area contributed by atoms with E-state index in [9.17, 15) is 0 Å². The zero-order valence-electron chi connectivity index (χ0n) is 13.1. The Morgan fingerprint density at radius 1 is 1.30 bits per heavy atom. The van der Waals surface area contributed by atoms with Crippen LogP contribution < -0.4 is 10.1 Å². The molecule has 0 saturated carbocycles. The first-order valence-electron chi connectivity index (χ1n) is 6.98. The molecule has 1 unspecified atom stereocenters. The number of hydrogen-bond acceptors (Lipinski definition) is 5. The number of ether oxygens (including phenoxy) is 1. The third-order valence-electron chi connectivity index (χ3n) is 2.47. The van der Waals surface area contributed by atoms with Gasteiger partial charge in [0.1, 0.15) is 5.75 Å². The molecular formula is C15H22INO6. The maximum atomic E-state index is 9.10. The molecule has 1 aromatic carbocycles. The molecule has 0 aromatic heterocycles. The maximum absolute atomic E-state index is 9.10. The number of carboxylic acid groups (broad SMARTS) is 2. The van der Waals surface area contributed by atoms with Crippen LogP contribution >= 0.6 is 22.6 Å². The minimum Gasteiger partial charge on any atom is -0.492 e. The summed E-state index contributed by atoms with van der Waals surface area (Å²) in [5.41, 5.74) is 1.25. The molecule has 0 radical (unpaired) electrons. The second-order valence-corrected chi connectivity index (χ2v) is 5.96. The Morgan fingerprint density at radius 3 is 2.39 bits per heavy atom. The van der Waals surface area contributed by atoms with Gasteiger partial charge in [-0.3, -0.25) is 0 Å². The summed E-state index contributed by atoms with van der Waals surface area (Å²) >= 11 is 2.29. The monoisotopic (exact) mass is 439 g/mol. The van der Waals surface area contributed by atoms with Gasteiger partial charge in [-0.15, -0.1) is 0 Å². The van der Waals surface area contributed by atoms with E-state index in [2.05, 4.69) is 47.0 Å². The second-order valence-electron chi connectivity index (χ2n) is 4.80. The Hall–Kier alpha value is -1.39. The Morgan fingerprint density at radius 2 is 1.91 bits per heavy atom. The summed E-state index contributed by atoms with van der Waals surface area (Å²) in [6.07, 6.45) is 0.658. The van der Waals surface area contributed by atoms with Crippen molar-refractivity contribution in [3.63, 3.8) is 0 Å². The number of rotatable bonds is 7. The fourth-order valence-corrected chi connectivity index (χ4v) is 2.24. The number of aliphatic hydroxyl groups is 1. The van der Waals surface area contributed by atoms with Crippen molar-refractivity contribution in [2.24, 2.45) is 0 Å². The quantitative estimate of drug-likeness (QED) is 0.289. The average Bonchev–Trinajstić information content (AvgIpc) is 2.44. The zero-order valence-corrected chi connectivity index (χ0v) is 15.2. The van der Waals surface area contributed by atoms with Crippen LogP contribution in [0.4, 0.5) is 0 Å². The molecule has 0 aliphatic carbocycles. The highest BCUT2D eigenvalue weighted by Crippen LogP contribution is 2.21. The fourth-order valence-electron chi connectivity index (χ4n) is 1.41. The van der Waals surface area contributed by atoms with E-state index in [0.717, 1.165) is 22.3 Å². The van der Waals surface area contributed by atoms with E-state index in [1.54, 1.807) is 6.92 Å². The summed E-state index contributed by atoms with van der Waals surface area (Å²) in [6, 6.07) is 6.19. The van der Waals surface area contributed by atoms with Gasteiger partial charge in [0.05, 0.1) is 16.3 Å². The molecule has 7 nitrogen and oxygen atoms in total. The Balaban J connectivity index is 0.000000688. The molecule has 4 N–H and O–H groups in total. The summed E-state index contributed by atoms with van der Waals surface area (Å²) < 4.78 is 6.84. The topological polar surface area (TPSA) is 116 Å². The highest BCUT2D eigenvalue weighted by Gasteiger charge is 2.04. The van der Waals surface area contributed by atoms with Crippen LogP contribution in [0.1, 0.15) is 18.9 Å². The van der Waals surface area contributed by atoms with Crippen LogP contribution in [0.25, 0.3) is 0 Å². The molecule has 130 valence electrons. The average molecular weight is 439 g/mol. The van der Waals surface area contributed by atoms with E-state index in [0.29, 0.717) is 13.2 Å². The van der Waals surface area contributed by atoms with E-state index < -0.39 is 11.9 Å². The normalized spacial score (nSPS) is 11.1. The smallest absolute Gasteiger partial charge is 0.414 e. The first-order chi connectivity index (χ1) is 10.7. The third kappa shape index (κ3) is 11.8. The van der Waals surface area contributed by atoms with E-state index >= 15 is 0 Å². The van der Waals surface area contributed by atoms with Crippen molar-refractivity contribution in [1.29, 1.82) is 0 Å². The van der Waals surface area contributed by atoms with Crippen molar-refractivity contribution in [3.05, 3.63) is 27.3 Å². The molecule has 23 heavy (non-hydrogen) atoms. The fraction of sp³-hybridized carbons (Fsp3) is 0.467. The van der Waals surface area contributed by atoms with Crippen molar-refractivity contribution < 1.29 is 29.6 Å². The van der Waals surface area contributed by atoms with Crippen molar-refractivity contribution in [2.75, 3.05) is 19.7 Å². The number of carbonyl (C=O) groups is 2. The molecular weight excluding hydrogens is 417 g/mol. The van der Waals surface area contributed by atoms with Crippen molar-refractivity contribution >= 4 is 34.5 Å². The lowest BCUT2D eigenvalue weighted by Gasteiger charge is -2.10. The van der Waals surface area contributed by atoms with Gasteiger partial charge in [0.2, 0.25) is 0 Å². The van der Waals surface area contributed by atoms with Gasteiger partial charge < -0.3 is 25.4 Å². The van der Waals surface area contributed by atoms with Crippen LogP contribution in [0.3, 0.4) is 0 Å². The molecule has 0 amide bonds. The Bertz CT molecular complexity index is 495. The van der Waals surface area contributed by atoms with Crippen LogP contribution in [0, 0.1) is 10.5 Å². The molecule has 0 aliphatic rings. The van der Waals surface area contributed by atoms with Crippen LogP contribution in [0.2, 0.25) is 0 Å². The number of aryl methyl sites for hydroxylation is 1. The van der Waals surface area contributed by atoms with Gasteiger partial charge in [-0.1, -0.05) is 6.07 Å². The number of carboxylic acids is 2. The van der Waals surface area contributed by atoms with Gasteiger partial charge in [-0.2, -0.15) is 0 Å².